The van der Waals surface area contributed by atoms with Crippen LogP contribution >= 0.6 is 0 Å². The Morgan fingerprint density at radius 2 is 0.811 bits per heavy atom. The van der Waals surface area contributed by atoms with Gasteiger partial charge in [0.15, 0.2) is 0 Å². The molecule has 2 amide bonds. The second-order valence-electron chi connectivity index (χ2n) is 22.0. The SMILES string of the molecule is COC(=O)c1cccc(N=O)c1.COC(=O)c1cccc(NC(=O)N(CCC(c2ccccc2)c2ccccc2)Cc2ccccc2)c1.NCCC(c1ccccc1)c1ccccc1.O=Cc1ccccc1.c1ccc(CNCCC(c2ccccc2)c2ccccc2)cc1. The molecular weight excluding hydrogens is 1180 g/mol. The van der Waals surface area contributed by atoms with Gasteiger partial charge in [-0.15, -0.1) is 4.91 Å². The quantitative estimate of drug-likeness (QED) is 0.0244. The van der Waals surface area contributed by atoms with Crippen LogP contribution in [0.2, 0.25) is 0 Å². The van der Waals surface area contributed by atoms with Gasteiger partial charge in [-0.05, 0) is 118 Å². The highest BCUT2D eigenvalue weighted by Crippen LogP contribution is 2.31. The molecule has 0 atom stereocenters. The van der Waals surface area contributed by atoms with E-state index in [0.717, 1.165) is 49.8 Å². The maximum atomic E-state index is 13.5. The number of nitroso groups, excluding NO2 is 1. The molecule has 0 heterocycles. The van der Waals surface area contributed by atoms with Crippen molar-refractivity contribution in [2.24, 2.45) is 10.9 Å². The Labute approximate surface area is 559 Å². The molecule has 95 heavy (non-hydrogen) atoms. The smallest absolute Gasteiger partial charge is 0.337 e. The summed E-state index contributed by atoms with van der Waals surface area (Å²) < 4.78 is 9.26. The van der Waals surface area contributed by atoms with Crippen molar-refractivity contribution < 1.29 is 28.7 Å². The summed E-state index contributed by atoms with van der Waals surface area (Å²) in [5.74, 6) is 0.107. The summed E-state index contributed by atoms with van der Waals surface area (Å²) in [6, 6.07) is 106. The molecule has 11 aromatic carbocycles. The van der Waals surface area contributed by atoms with Gasteiger partial charge in [-0.3, -0.25) is 4.79 Å². The zero-order valence-electron chi connectivity index (χ0n) is 53.9. The van der Waals surface area contributed by atoms with Crippen LogP contribution in [0.1, 0.15) is 113 Å². The number of anilines is 1. The van der Waals surface area contributed by atoms with Gasteiger partial charge in [-0.1, -0.05) is 285 Å². The fourth-order valence-corrected chi connectivity index (χ4v) is 10.7. The van der Waals surface area contributed by atoms with Crippen molar-refractivity contribution in [2.75, 3.05) is 39.2 Å². The number of hydrogen-bond acceptors (Lipinski definition) is 10. The third-order valence-electron chi connectivity index (χ3n) is 15.5. The second-order valence-corrected chi connectivity index (χ2v) is 22.0. The largest absolute Gasteiger partial charge is 0.465 e. The number of nitrogens with two attached hydrogens (primary N) is 1. The highest BCUT2D eigenvalue weighted by molar-refractivity contribution is 5.94. The summed E-state index contributed by atoms with van der Waals surface area (Å²) >= 11 is 0. The lowest BCUT2D eigenvalue weighted by Gasteiger charge is -2.26. The number of methoxy groups -OCH3 is 2. The zero-order chi connectivity index (χ0) is 66.9. The molecule has 0 radical (unpaired) electrons. The van der Waals surface area contributed by atoms with Crippen molar-refractivity contribution in [3.8, 4) is 0 Å². The lowest BCUT2D eigenvalue weighted by atomic mass is 9.88. The molecule has 11 rings (SSSR count). The predicted molar refractivity (Wildman–Crippen MR) is 384 cm³/mol. The molecule has 4 N–H and O–H groups in total. The Morgan fingerprint density at radius 3 is 1.20 bits per heavy atom. The van der Waals surface area contributed by atoms with Crippen LogP contribution in [-0.2, 0) is 22.6 Å². The summed E-state index contributed by atoms with van der Waals surface area (Å²) in [6.45, 7) is 3.67. The van der Waals surface area contributed by atoms with Crippen molar-refractivity contribution in [3.05, 3.63) is 388 Å². The van der Waals surface area contributed by atoms with Gasteiger partial charge in [0.25, 0.3) is 0 Å². The maximum absolute atomic E-state index is 13.5. The Morgan fingerprint density at radius 1 is 0.442 bits per heavy atom. The van der Waals surface area contributed by atoms with Gasteiger partial charge in [-0.2, -0.15) is 0 Å². The monoisotopic (exact) mass is 1260 g/mol. The minimum Gasteiger partial charge on any atom is -0.465 e. The van der Waals surface area contributed by atoms with Gasteiger partial charge in [0.1, 0.15) is 12.0 Å². The van der Waals surface area contributed by atoms with Gasteiger partial charge in [0, 0.05) is 48.6 Å². The van der Waals surface area contributed by atoms with E-state index < -0.39 is 11.9 Å². The molecule has 11 aromatic rings. The van der Waals surface area contributed by atoms with Crippen molar-refractivity contribution in [1.29, 1.82) is 0 Å². The van der Waals surface area contributed by atoms with Crippen LogP contribution in [0.4, 0.5) is 16.2 Å². The van der Waals surface area contributed by atoms with Crippen LogP contribution in [0.3, 0.4) is 0 Å². The van der Waals surface area contributed by atoms with Crippen LogP contribution < -0.4 is 16.4 Å². The number of nitrogens with zero attached hydrogens (tertiary/aromatic N) is 2. The third kappa shape index (κ3) is 24.8. The molecule has 0 aliphatic rings. The third-order valence-corrected chi connectivity index (χ3v) is 15.5. The Hall–Kier alpha value is -11.2. The lowest BCUT2D eigenvalue weighted by Crippen LogP contribution is -2.36. The topological polar surface area (TPSA) is 169 Å². The number of esters is 2. The predicted octanol–water partition coefficient (Wildman–Crippen LogP) is 18.3. The molecule has 0 spiro atoms. The summed E-state index contributed by atoms with van der Waals surface area (Å²) in [5, 5.41) is 9.23. The number of carbonyl (C=O) groups is 4. The van der Waals surface area contributed by atoms with Gasteiger partial charge in [0.2, 0.25) is 0 Å². The van der Waals surface area contributed by atoms with E-state index in [1.54, 1.807) is 48.5 Å². The van der Waals surface area contributed by atoms with Crippen molar-refractivity contribution >= 4 is 35.6 Å². The summed E-state index contributed by atoms with van der Waals surface area (Å²) in [6.07, 6.45) is 3.69. The molecule has 0 aromatic heterocycles. The number of aldehydes is 1. The molecule has 0 saturated carbocycles. The second kappa shape index (κ2) is 41.3. The van der Waals surface area contributed by atoms with Gasteiger partial charge in [-0.25, -0.2) is 14.4 Å². The van der Waals surface area contributed by atoms with E-state index in [-0.39, 0.29) is 17.6 Å². The summed E-state index contributed by atoms with van der Waals surface area (Å²) in [7, 11) is 2.62. The number of urea groups is 1. The first kappa shape index (κ1) is 71.3. The number of nitrogens with one attached hydrogen (secondary N) is 2. The highest BCUT2D eigenvalue weighted by atomic mass is 16.5. The number of rotatable bonds is 23. The van der Waals surface area contributed by atoms with Crippen molar-refractivity contribution in [2.45, 2.75) is 50.1 Å². The molecule has 0 unspecified atom stereocenters. The fourth-order valence-electron chi connectivity index (χ4n) is 10.7. The average molecular weight is 1260 g/mol. The molecule has 0 fully saturated rings. The molecule has 0 bridgehead atoms. The molecule has 12 nitrogen and oxygen atoms in total. The maximum Gasteiger partial charge on any atom is 0.337 e. The molecule has 0 saturated heterocycles. The number of ether oxygens (including phenoxy) is 2. The van der Waals surface area contributed by atoms with Crippen molar-refractivity contribution in [3.63, 3.8) is 0 Å². The molecular formula is C83H83N5O7. The summed E-state index contributed by atoms with van der Waals surface area (Å²) in [5.41, 5.74) is 18.2. The number of hydrogen-bond donors (Lipinski definition) is 3. The van der Waals surface area contributed by atoms with Gasteiger partial charge in [0.05, 0.1) is 25.3 Å². The van der Waals surface area contributed by atoms with Crippen LogP contribution in [0, 0.1) is 4.91 Å². The van der Waals surface area contributed by atoms with Crippen LogP contribution in [0.5, 0.6) is 0 Å². The van der Waals surface area contributed by atoms with Crippen LogP contribution in [0.25, 0.3) is 0 Å². The molecule has 12 heteroatoms. The first-order valence-corrected chi connectivity index (χ1v) is 31.7. The van der Waals surface area contributed by atoms with E-state index >= 15 is 0 Å². The van der Waals surface area contributed by atoms with Crippen LogP contribution in [0.15, 0.2) is 327 Å². The Balaban J connectivity index is 0.000000184. The highest BCUT2D eigenvalue weighted by Gasteiger charge is 2.21. The van der Waals surface area contributed by atoms with E-state index in [1.165, 1.54) is 65.3 Å². The van der Waals surface area contributed by atoms with Gasteiger partial charge >= 0.3 is 18.0 Å². The normalized spacial score (nSPS) is 10.3. The zero-order valence-corrected chi connectivity index (χ0v) is 53.9. The van der Waals surface area contributed by atoms with E-state index in [9.17, 15) is 24.1 Å². The number of carbonyl (C=O) groups excluding carboxylic acids is 4. The molecule has 482 valence electrons. The number of amides is 2. The molecule has 0 aliphatic heterocycles. The lowest BCUT2D eigenvalue weighted by molar-refractivity contribution is 0.0592. The first-order valence-electron chi connectivity index (χ1n) is 31.7. The van der Waals surface area contributed by atoms with E-state index in [1.807, 2.05) is 102 Å². The van der Waals surface area contributed by atoms with Gasteiger partial charge < -0.3 is 30.7 Å². The fraction of sp³-hybridized carbons (Fsp3) is 0.157. The van der Waals surface area contributed by atoms with Crippen molar-refractivity contribution in [1.82, 2.24) is 10.2 Å². The molecule has 0 aliphatic carbocycles. The van der Waals surface area contributed by atoms with Crippen LogP contribution in [-0.4, -0.2) is 63.0 Å². The van der Waals surface area contributed by atoms with E-state index in [0.29, 0.717) is 48.3 Å². The van der Waals surface area contributed by atoms with E-state index in [2.05, 4.69) is 184 Å². The Kier molecular flexibility index (Phi) is 31.0. The van der Waals surface area contributed by atoms with E-state index in [4.69, 9.17) is 10.5 Å². The average Bonchev–Trinajstić information content (AvgIpc) is 1.52. The first-order chi connectivity index (χ1) is 46.7. The minimum absolute atomic E-state index is 0.154. The standard InChI is InChI=1S/C31H30N2O3.C22H23N.C15H17N.C8H7NO3.C7H6O/c1-36-30(34)27-18-11-19-28(22-27)32-31(35)33(23-24-12-5-2-6-13-24)21-20-29(25-14-7-3-8-15-25)26-16-9-4-10-17-26;1-4-10-19(11-5-1)18-23-17-16-22(20-12-6-2-7-13-20)21-14-8-3-9-15-21;16-12-11-15(13-7-3-1-4-8-13)14-9-5-2-6-10-14;1-12-8(10)6-3-2-4-7(5-6)9-11;8-6-7-4-2-1-3-5-7/h2-19,22,29H,20-21,23H2,1H3,(H,32,35);1-15,22-23H,16-18H2;1-10,15H,11-12,16H2;2-5H,1H3;1-6H. The Bertz CT molecular complexity index is 3820. The minimum atomic E-state index is -0.472. The number of benzene rings is 11. The summed E-state index contributed by atoms with van der Waals surface area (Å²) in [4.78, 5) is 58.2.